The van der Waals surface area contributed by atoms with Crippen LogP contribution < -0.4 is 5.73 Å². The Morgan fingerprint density at radius 3 is 2.93 bits per heavy atom. The molecule has 2 atom stereocenters. The van der Waals surface area contributed by atoms with Gasteiger partial charge in [-0.05, 0) is 32.4 Å². The van der Waals surface area contributed by atoms with Crippen LogP contribution >= 0.6 is 0 Å². The summed E-state index contributed by atoms with van der Waals surface area (Å²) in [6.07, 6.45) is 1.13. The van der Waals surface area contributed by atoms with Crippen LogP contribution in [0.2, 0.25) is 0 Å². The molecule has 0 amide bonds. The summed E-state index contributed by atoms with van der Waals surface area (Å²) in [4.78, 5) is 0. The van der Waals surface area contributed by atoms with Crippen LogP contribution in [-0.4, -0.2) is 48.9 Å². The molecule has 4 heteroatoms. The summed E-state index contributed by atoms with van der Waals surface area (Å²) >= 11 is 0. The lowest BCUT2D eigenvalue weighted by molar-refractivity contribution is -0.0895. The maximum atomic E-state index is 5.86. The molecular weight excluding hydrogens is 190 g/mol. The van der Waals surface area contributed by atoms with Crippen LogP contribution in [0.4, 0.5) is 0 Å². The van der Waals surface area contributed by atoms with Crippen molar-refractivity contribution in [1.82, 2.24) is 10.0 Å². The van der Waals surface area contributed by atoms with Gasteiger partial charge in [0.1, 0.15) is 0 Å². The van der Waals surface area contributed by atoms with E-state index in [4.69, 9.17) is 10.5 Å². The van der Waals surface area contributed by atoms with Gasteiger partial charge in [0.15, 0.2) is 0 Å². The molecule has 0 bridgehead atoms. The maximum absolute atomic E-state index is 5.86. The fourth-order valence-electron chi connectivity index (χ4n) is 2.65. The fourth-order valence-corrected chi connectivity index (χ4v) is 2.65. The van der Waals surface area contributed by atoms with E-state index in [2.05, 4.69) is 30.9 Å². The van der Waals surface area contributed by atoms with Crippen LogP contribution in [-0.2, 0) is 4.74 Å². The zero-order valence-corrected chi connectivity index (χ0v) is 9.86. The third kappa shape index (κ3) is 1.77. The quantitative estimate of drug-likeness (QED) is 0.724. The van der Waals surface area contributed by atoms with E-state index in [1.54, 1.807) is 0 Å². The zero-order chi connectivity index (χ0) is 11.0. The average molecular weight is 211 g/mol. The Morgan fingerprint density at radius 2 is 2.27 bits per heavy atom. The average Bonchev–Trinajstić information content (AvgIpc) is 2.48. The van der Waals surface area contributed by atoms with E-state index in [1.165, 1.54) is 11.3 Å². The molecule has 0 aromatic heterocycles. The van der Waals surface area contributed by atoms with Crippen LogP contribution in [0.1, 0.15) is 20.3 Å². The largest absolute Gasteiger partial charge is 0.370 e. The Labute approximate surface area is 91.6 Å². The number of hydrazine groups is 1. The van der Waals surface area contributed by atoms with Gasteiger partial charge in [-0.1, -0.05) is 0 Å². The van der Waals surface area contributed by atoms with E-state index in [9.17, 15) is 0 Å². The summed E-state index contributed by atoms with van der Waals surface area (Å²) in [6.45, 7) is 6.90. The molecule has 1 saturated heterocycles. The van der Waals surface area contributed by atoms with Crippen LogP contribution in [0.3, 0.4) is 0 Å². The summed E-state index contributed by atoms with van der Waals surface area (Å²) in [5, 5.41) is 4.65. The Bertz CT molecular complexity index is 277. The highest BCUT2D eigenvalue weighted by Crippen LogP contribution is 2.33. The summed E-state index contributed by atoms with van der Waals surface area (Å²) in [7, 11) is 2.14. The van der Waals surface area contributed by atoms with Gasteiger partial charge in [-0.25, -0.2) is 5.01 Å². The summed E-state index contributed by atoms with van der Waals surface area (Å²) in [5.41, 5.74) is 8.39. The van der Waals surface area contributed by atoms with Crippen molar-refractivity contribution in [2.24, 2.45) is 5.73 Å². The monoisotopic (exact) mass is 211 g/mol. The predicted molar refractivity (Wildman–Crippen MR) is 60.0 cm³/mol. The first-order valence-electron chi connectivity index (χ1n) is 5.66. The number of likely N-dealkylation sites (N-methyl/N-ethyl adjacent to an activating group) is 1. The highest BCUT2D eigenvalue weighted by atomic mass is 16.5. The highest BCUT2D eigenvalue weighted by molar-refractivity contribution is 5.23. The van der Waals surface area contributed by atoms with E-state index in [1.807, 2.05) is 0 Å². The van der Waals surface area contributed by atoms with Crippen LogP contribution in [0.5, 0.6) is 0 Å². The van der Waals surface area contributed by atoms with Gasteiger partial charge in [-0.15, -0.1) is 0 Å². The van der Waals surface area contributed by atoms with Gasteiger partial charge in [0.05, 0.1) is 24.4 Å². The summed E-state index contributed by atoms with van der Waals surface area (Å²) < 4.78 is 5.86. The molecule has 2 heterocycles. The second-order valence-electron chi connectivity index (χ2n) is 4.57. The number of nitrogens with zero attached hydrogens (tertiary/aromatic N) is 2. The molecule has 86 valence electrons. The first-order valence-corrected chi connectivity index (χ1v) is 5.66. The molecule has 0 aromatic rings. The molecule has 4 nitrogen and oxygen atoms in total. The predicted octanol–water partition coefficient (Wildman–Crippen LogP) is 0.559. The first-order chi connectivity index (χ1) is 7.15. The molecular formula is C11H21N3O. The van der Waals surface area contributed by atoms with Crippen LogP contribution in [0.25, 0.3) is 0 Å². The molecule has 0 aromatic carbocycles. The molecule has 2 unspecified atom stereocenters. The normalized spacial score (nSPS) is 32.4. The molecule has 2 N–H and O–H groups in total. The number of nitrogens with two attached hydrogens (primary N) is 1. The number of fused-ring (bicyclic) bond motifs is 1. The number of hydrogen-bond donors (Lipinski definition) is 1. The minimum atomic E-state index is 0.205. The lowest BCUT2D eigenvalue weighted by Gasteiger charge is -2.42. The lowest BCUT2D eigenvalue weighted by Crippen LogP contribution is -2.50. The van der Waals surface area contributed by atoms with Crippen molar-refractivity contribution in [2.75, 3.05) is 26.7 Å². The topological polar surface area (TPSA) is 41.7 Å². The minimum Gasteiger partial charge on any atom is -0.370 e. The van der Waals surface area contributed by atoms with Gasteiger partial charge < -0.3 is 15.5 Å². The molecule has 2 rings (SSSR count). The molecule has 2 aliphatic rings. The van der Waals surface area contributed by atoms with E-state index < -0.39 is 0 Å². The van der Waals surface area contributed by atoms with Crippen LogP contribution in [0, 0.1) is 0 Å². The van der Waals surface area contributed by atoms with Crippen molar-refractivity contribution < 1.29 is 4.74 Å². The van der Waals surface area contributed by atoms with Crippen molar-refractivity contribution in [1.29, 1.82) is 0 Å². The van der Waals surface area contributed by atoms with Gasteiger partial charge >= 0.3 is 0 Å². The van der Waals surface area contributed by atoms with Gasteiger partial charge in [0, 0.05) is 13.6 Å². The molecule has 0 aliphatic carbocycles. The molecule has 2 aliphatic heterocycles. The van der Waals surface area contributed by atoms with Gasteiger partial charge in [0.2, 0.25) is 0 Å². The Morgan fingerprint density at radius 1 is 1.53 bits per heavy atom. The molecule has 1 fully saturated rings. The lowest BCUT2D eigenvalue weighted by atomic mass is 10.1. The first kappa shape index (κ1) is 10.9. The number of ether oxygens (including phenoxy) is 1. The van der Waals surface area contributed by atoms with Crippen molar-refractivity contribution in [3.05, 3.63) is 11.3 Å². The molecule has 0 radical (unpaired) electrons. The Kier molecular flexibility index (Phi) is 3.00. The van der Waals surface area contributed by atoms with Gasteiger partial charge in [0.25, 0.3) is 0 Å². The zero-order valence-electron chi connectivity index (χ0n) is 9.86. The molecule has 0 spiro atoms. The summed E-state index contributed by atoms with van der Waals surface area (Å²) in [5.74, 6) is 0. The van der Waals surface area contributed by atoms with Gasteiger partial charge in [-0.3, -0.25) is 0 Å². The van der Waals surface area contributed by atoms with Gasteiger partial charge in [-0.2, -0.15) is 0 Å². The number of morpholine rings is 1. The SMILES string of the molecule is CC1=C2C(CCN)OCC(C)N2N(C)C1. The smallest absolute Gasteiger partial charge is 0.0998 e. The number of rotatable bonds is 2. The van der Waals surface area contributed by atoms with E-state index in [0.717, 1.165) is 19.6 Å². The van der Waals surface area contributed by atoms with Crippen molar-refractivity contribution in [2.45, 2.75) is 32.4 Å². The highest BCUT2D eigenvalue weighted by Gasteiger charge is 2.37. The van der Waals surface area contributed by atoms with Crippen LogP contribution in [0.15, 0.2) is 11.3 Å². The van der Waals surface area contributed by atoms with E-state index >= 15 is 0 Å². The Balaban J connectivity index is 2.23. The molecule has 15 heavy (non-hydrogen) atoms. The van der Waals surface area contributed by atoms with E-state index in [0.29, 0.717) is 12.6 Å². The second kappa shape index (κ2) is 4.12. The van der Waals surface area contributed by atoms with Crippen molar-refractivity contribution >= 4 is 0 Å². The minimum absolute atomic E-state index is 0.205. The summed E-state index contributed by atoms with van der Waals surface area (Å²) in [6, 6.07) is 0.441. The molecule has 0 saturated carbocycles. The number of hydrogen-bond acceptors (Lipinski definition) is 4. The second-order valence-corrected chi connectivity index (χ2v) is 4.57. The maximum Gasteiger partial charge on any atom is 0.0998 e. The standard InChI is InChI=1S/C11H21N3O/c1-8-6-13(3)14-9(2)7-15-10(4-5-12)11(8)14/h9-10H,4-7,12H2,1-3H3. The third-order valence-corrected chi connectivity index (χ3v) is 3.21. The van der Waals surface area contributed by atoms with Crippen molar-refractivity contribution in [3.63, 3.8) is 0 Å². The van der Waals surface area contributed by atoms with E-state index in [-0.39, 0.29) is 6.10 Å². The Hall–Kier alpha value is -0.580. The third-order valence-electron chi connectivity index (χ3n) is 3.21. The van der Waals surface area contributed by atoms with Crippen molar-refractivity contribution in [3.8, 4) is 0 Å². The fraction of sp³-hybridized carbons (Fsp3) is 0.818.